The van der Waals surface area contributed by atoms with E-state index in [1.54, 1.807) is 0 Å². The topological polar surface area (TPSA) is 27.1 Å². The van der Waals surface area contributed by atoms with Crippen LogP contribution >= 0.6 is 27.5 Å². The van der Waals surface area contributed by atoms with Gasteiger partial charge in [-0.15, -0.1) is 0 Å². The van der Waals surface area contributed by atoms with E-state index in [0.717, 1.165) is 31.9 Å². The second-order valence-electron chi connectivity index (χ2n) is 5.08. The summed E-state index contributed by atoms with van der Waals surface area (Å²) in [7, 11) is 0. The number of ether oxygens (including phenoxy) is 1. The predicted molar refractivity (Wildman–Crippen MR) is 86.7 cm³/mol. The summed E-state index contributed by atoms with van der Waals surface area (Å²) in [6, 6.07) is 14.1. The molecule has 1 atom stereocenters. The lowest BCUT2D eigenvalue weighted by Gasteiger charge is -2.27. The summed E-state index contributed by atoms with van der Waals surface area (Å²) in [6.45, 7) is 1.14. The van der Waals surface area contributed by atoms with Crippen LogP contribution in [0.5, 0.6) is 0 Å². The molecule has 1 aliphatic rings. The minimum absolute atomic E-state index is 0.0572. The first-order valence-corrected chi connectivity index (χ1v) is 7.89. The van der Waals surface area contributed by atoms with E-state index in [4.69, 9.17) is 16.3 Å². The van der Waals surface area contributed by atoms with Gasteiger partial charge in [0.05, 0.1) is 23.7 Å². The summed E-state index contributed by atoms with van der Waals surface area (Å²) in [6.07, 6.45) is 0. The molecular weight excluding hydrogens is 352 g/mol. The Bertz CT molecular complexity index is 830. The Kier molecular flexibility index (Phi) is 3.25. The molecule has 106 valence electrons. The highest BCUT2D eigenvalue weighted by Crippen LogP contribution is 2.34. The van der Waals surface area contributed by atoms with Crippen LogP contribution in [0.4, 0.5) is 0 Å². The van der Waals surface area contributed by atoms with E-state index in [-0.39, 0.29) is 6.04 Å². The molecule has 1 aliphatic heterocycles. The summed E-state index contributed by atoms with van der Waals surface area (Å²) < 4.78 is 9.01. The number of imidazole rings is 1. The standard InChI is InChI=1S/C16H12BrClN2O/c17-10-5-6-13-14(7-10)20-15(8-21-9-16(20)19-13)11-3-1-2-4-12(11)18/h1-7,15H,8-9H2. The lowest BCUT2D eigenvalue weighted by Crippen LogP contribution is -2.24. The lowest BCUT2D eigenvalue weighted by molar-refractivity contribution is 0.0679. The normalized spacial score (nSPS) is 17.9. The second kappa shape index (κ2) is 5.13. The Hall–Kier alpha value is -1.36. The molecule has 0 bridgehead atoms. The quantitative estimate of drug-likeness (QED) is 0.633. The zero-order valence-corrected chi connectivity index (χ0v) is 13.4. The molecule has 1 unspecified atom stereocenters. The van der Waals surface area contributed by atoms with Crippen LogP contribution in [0.2, 0.25) is 5.02 Å². The molecule has 0 fully saturated rings. The molecule has 2 heterocycles. The minimum Gasteiger partial charge on any atom is -0.371 e. The van der Waals surface area contributed by atoms with Crippen LogP contribution in [0.1, 0.15) is 17.4 Å². The van der Waals surface area contributed by atoms with Gasteiger partial charge in [0.2, 0.25) is 0 Å². The van der Waals surface area contributed by atoms with Gasteiger partial charge in [0.1, 0.15) is 12.4 Å². The Balaban J connectivity index is 1.97. The summed E-state index contributed by atoms with van der Waals surface area (Å²) >= 11 is 9.91. The van der Waals surface area contributed by atoms with E-state index >= 15 is 0 Å². The minimum atomic E-state index is 0.0572. The van der Waals surface area contributed by atoms with Gasteiger partial charge in [0.25, 0.3) is 0 Å². The number of halogens is 2. The van der Waals surface area contributed by atoms with Gasteiger partial charge in [0, 0.05) is 9.50 Å². The average molecular weight is 364 g/mol. The Morgan fingerprint density at radius 2 is 2.10 bits per heavy atom. The van der Waals surface area contributed by atoms with Gasteiger partial charge in [-0.2, -0.15) is 0 Å². The zero-order valence-electron chi connectivity index (χ0n) is 11.1. The highest BCUT2D eigenvalue weighted by atomic mass is 79.9. The van der Waals surface area contributed by atoms with Crippen LogP contribution in [-0.2, 0) is 11.3 Å². The van der Waals surface area contributed by atoms with E-state index in [1.165, 1.54) is 0 Å². The largest absolute Gasteiger partial charge is 0.371 e. The molecule has 5 heteroatoms. The van der Waals surface area contributed by atoms with Gasteiger partial charge in [-0.3, -0.25) is 0 Å². The van der Waals surface area contributed by atoms with E-state index in [2.05, 4.69) is 37.6 Å². The highest BCUT2D eigenvalue weighted by molar-refractivity contribution is 9.10. The SMILES string of the molecule is Clc1ccccc1C1COCc2nc3ccc(Br)cc3n21. The third-order valence-corrected chi connectivity index (χ3v) is 4.64. The first-order valence-electron chi connectivity index (χ1n) is 6.72. The Morgan fingerprint density at radius 3 is 2.95 bits per heavy atom. The van der Waals surface area contributed by atoms with Crippen LogP contribution < -0.4 is 0 Å². The molecule has 3 nitrogen and oxygen atoms in total. The van der Waals surface area contributed by atoms with Crippen molar-refractivity contribution in [3.05, 3.63) is 63.3 Å². The van der Waals surface area contributed by atoms with Crippen molar-refractivity contribution in [2.75, 3.05) is 6.61 Å². The Labute approximate surface area is 135 Å². The molecular formula is C16H12BrClN2O. The van der Waals surface area contributed by atoms with Crippen molar-refractivity contribution in [2.24, 2.45) is 0 Å². The van der Waals surface area contributed by atoms with Crippen LogP contribution in [-0.4, -0.2) is 16.2 Å². The summed E-state index contributed by atoms with van der Waals surface area (Å²) in [5, 5.41) is 0.760. The van der Waals surface area contributed by atoms with Crippen LogP contribution in [0, 0.1) is 0 Å². The molecule has 0 aliphatic carbocycles. The molecule has 0 saturated heterocycles. The van der Waals surface area contributed by atoms with E-state index < -0.39 is 0 Å². The molecule has 21 heavy (non-hydrogen) atoms. The molecule has 0 amide bonds. The third kappa shape index (κ3) is 2.18. The predicted octanol–water partition coefficient (Wildman–Crippen LogP) is 4.57. The van der Waals surface area contributed by atoms with Gasteiger partial charge in [-0.25, -0.2) is 4.98 Å². The molecule has 1 aromatic heterocycles. The van der Waals surface area contributed by atoms with Gasteiger partial charge >= 0.3 is 0 Å². The number of nitrogens with zero attached hydrogens (tertiary/aromatic N) is 2. The molecule has 3 aromatic rings. The van der Waals surface area contributed by atoms with Gasteiger partial charge in [-0.1, -0.05) is 45.7 Å². The fourth-order valence-electron chi connectivity index (χ4n) is 2.88. The number of aromatic nitrogens is 2. The zero-order chi connectivity index (χ0) is 14.4. The number of fused-ring (bicyclic) bond motifs is 3. The molecule has 2 aromatic carbocycles. The van der Waals surface area contributed by atoms with Gasteiger partial charge in [0.15, 0.2) is 0 Å². The van der Waals surface area contributed by atoms with Crippen molar-refractivity contribution in [3.63, 3.8) is 0 Å². The molecule has 0 saturated carbocycles. The average Bonchev–Trinajstić information content (AvgIpc) is 2.86. The van der Waals surface area contributed by atoms with E-state index in [0.29, 0.717) is 13.2 Å². The van der Waals surface area contributed by atoms with Crippen molar-refractivity contribution in [3.8, 4) is 0 Å². The van der Waals surface area contributed by atoms with Crippen molar-refractivity contribution in [2.45, 2.75) is 12.6 Å². The molecule has 0 spiro atoms. The Morgan fingerprint density at radius 1 is 1.24 bits per heavy atom. The van der Waals surface area contributed by atoms with Crippen molar-refractivity contribution in [1.82, 2.24) is 9.55 Å². The van der Waals surface area contributed by atoms with Crippen LogP contribution in [0.25, 0.3) is 11.0 Å². The summed E-state index contributed by atoms with van der Waals surface area (Å²) in [5.41, 5.74) is 3.16. The smallest absolute Gasteiger partial charge is 0.136 e. The van der Waals surface area contributed by atoms with E-state index in [9.17, 15) is 0 Å². The lowest BCUT2D eigenvalue weighted by atomic mass is 10.1. The monoisotopic (exact) mass is 362 g/mol. The summed E-state index contributed by atoms with van der Waals surface area (Å²) in [5.74, 6) is 0.944. The second-order valence-corrected chi connectivity index (χ2v) is 6.41. The first-order chi connectivity index (χ1) is 10.2. The molecule has 0 N–H and O–H groups in total. The van der Waals surface area contributed by atoms with Gasteiger partial charge in [-0.05, 0) is 29.8 Å². The van der Waals surface area contributed by atoms with E-state index in [1.807, 2.05) is 30.3 Å². The van der Waals surface area contributed by atoms with Crippen LogP contribution in [0.3, 0.4) is 0 Å². The first kappa shape index (κ1) is 13.3. The van der Waals surface area contributed by atoms with Crippen molar-refractivity contribution in [1.29, 1.82) is 0 Å². The maximum atomic E-state index is 6.37. The fraction of sp³-hybridized carbons (Fsp3) is 0.188. The summed E-state index contributed by atoms with van der Waals surface area (Å²) in [4.78, 5) is 4.67. The maximum absolute atomic E-state index is 6.37. The van der Waals surface area contributed by atoms with Crippen molar-refractivity contribution < 1.29 is 4.74 Å². The van der Waals surface area contributed by atoms with Crippen LogP contribution in [0.15, 0.2) is 46.9 Å². The fourth-order valence-corrected chi connectivity index (χ4v) is 3.49. The highest BCUT2D eigenvalue weighted by Gasteiger charge is 2.26. The van der Waals surface area contributed by atoms with Crippen molar-refractivity contribution >= 4 is 38.6 Å². The van der Waals surface area contributed by atoms with Gasteiger partial charge < -0.3 is 9.30 Å². The number of hydrogen-bond donors (Lipinski definition) is 0. The third-order valence-electron chi connectivity index (χ3n) is 3.81. The number of hydrogen-bond acceptors (Lipinski definition) is 2. The number of rotatable bonds is 1. The molecule has 0 radical (unpaired) electrons. The molecule has 4 rings (SSSR count). The maximum Gasteiger partial charge on any atom is 0.136 e. The number of benzene rings is 2.